The van der Waals surface area contributed by atoms with Crippen LogP contribution in [-0.4, -0.2) is 11.8 Å². The molecule has 0 saturated heterocycles. The summed E-state index contributed by atoms with van der Waals surface area (Å²) in [5.41, 5.74) is 13.0. The summed E-state index contributed by atoms with van der Waals surface area (Å²) >= 11 is 0. The summed E-state index contributed by atoms with van der Waals surface area (Å²) in [5, 5.41) is 7.26. The van der Waals surface area contributed by atoms with Gasteiger partial charge in [-0.1, -0.05) is 6.92 Å². The minimum Gasteiger partial charge on any atom is -0.400 e. The van der Waals surface area contributed by atoms with Crippen LogP contribution in [0, 0.1) is 5.41 Å². The zero-order valence-corrected chi connectivity index (χ0v) is 5.44. The fourth-order valence-electron chi connectivity index (χ4n) is 1.00. The molecule has 0 amide bonds. The van der Waals surface area contributed by atoms with Gasteiger partial charge in [0, 0.05) is 5.70 Å². The lowest BCUT2D eigenvalue weighted by molar-refractivity contribution is 0.862. The molecule has 0 unspecified atom stereocenters. The van der Waals surface area contributed by atoms with Gasteiger partial charge in [-0.05, 0) is 12.0 Å². The minimum absolute atomic E-state index is 0.278. The molecule has 3 heteroatoms. The second-order valence-corrected chi connectivity index (χ2v) is 2.18. The highest BCUT2D eigenvalue weighted by atomic mass is 14.8. The van der Waals surface area contributed by atoms with Gasteiger partial charge in [0.1, 0.15) is 0 Å². The van der Waals surface area contributed by atoms with E-state index >= 15 is 0 Å². The predicted molar refractivity (Wildman–Crippen MR) is 37.2 cm³/mol. The maximum absolute atomic E-state index is 7.26. The Labute approximate surface area is 54.2 Å². The van der Waals surface area contributed by atoms with Crippen molar-refractivity contribution >= 4 is 5.71 Å². The van der Waals surface area contributed by atoms with Crippen molar-refractivity contribution in [2.45, 2.75) is 19.4 Å². The average Bonchev–Trinajstić information content (AvgIpc) is 1.89. The molecule has 0 aromatic heterocycles. The highest BCUT2D eigenvalue weighted by Crippen LogP contribution is 2.21. The zero-order valence-electron chi connectivity index (χ0n) is 5.44. The van der Waals surface area contributed by atoms with E-state index in [9.17, 15) is 0 Å². The van der Waals surface area contributed by atoms with Crippen LogP contribution < -0.4 is 11.5 Å². The number of rotatable bonds is 1. The van der Waals surface area contributed by atoms with E-state index in [2.05, 4.69) is 0 Å². The van der Waals surface area contributed by atoms with Crippen molar-refractivity contribution in [3.05, 3.63) is 11.3 Å². The van der Waals surface area contributed by atoms with Crippen molar-refractivity contribution in [2.24, 2.45) is 11.5 Å². The van der Waals surface area contributed by atoms with Crippen LogP contribution in [0.3, 0.4) is 0 Å². The van der Waals surface area contributed by atoms with E-state index in [4.69, 9.17) is 16.9 Å². The summed E-state index contributed by atoms with van der Waals surface area (Å²) in [4.78, 5) is 0. The quantitative estimate of drug-likeness (QED) is 0.460. The third-order valence-corrected chi connectivity index (χ3v) is 1.67. The highest BCUT2D eigenvalue weighted by Gasteiger charge is 2.28. The molecule has 1 aliphatic rings. The SMILES string of the molecule is CCC1=C(N)[C@@H](N)C1=N. The standard InChI is InChI=1S/C6H11N3/c1-2-3-4(7)6(9)5(3)8/h6-7H,2,8-9H2,1H3/t6-/m0/s1. The Balaban J connectivity index is 2.83. The highest BCUT2D eigenvalue weighted by molar-refractivity contribution is 6.10. The first kappa shape index (κ1) is 6.29. The Hall–Kier alpha value is -0.830. The minimum atomic E-state index is -0.278. The van der Waals surface area contributed by atoms with E-state index in [-0.39, 0.29) is 6.04 Å². The van der Waals surface area contributed by atoms with E-state index in [1.54, 1.807) is 0 Å². The molecule has 9 heavy (non-hydrogen) atoms. The zero-order chi connectivity index (χ0) is 7.02. The number of hydrogen-bond acceptors (Lipinski definition) is 3. The molecular formula is C6H11N3. The van der Waals surface area contributed by atoms with Crippen molar-refractivity contribution < 1.29 is 0 Å². The predicted octanol–water partition coefficient (Wildman–Crippen LogP) is -0.0301. The van der Waals surface area contributed by atoms with Gasteiger partial charge < -0.3 is 16.9 Å². The lowest BCUT2D eigenvalue weighted by atomic mass is 9.85. The smallest absolute Gasteiger partial charge is 0.0872 e. The van der Waals surface area contributed by atoms with Crippen LogP contribution in [0.4, 0.5) is 0 Å². The van der Waals surface area contributed by atoms with Gasteiger partial charge in [0.05, 0.1) is 11.8 Å². The Morgan fingerprint density at radius 1 is 1.67 bits per heavy atom. The summed E-state index contributed by atoms with van der Waals surface area (Å²) in [6, 6.07) is -0.278. The van der Waals surface area contributed by atoms with E-state index < -0.39 is 0 Å². The van der Waals surface area contributed by atoms with E-state index in [1.165, 1.54) is 0 Å². The van der Waals surface area contributed by atoms with Crippen LogP contribution in [0.1, 0.15) is 13.3 Å². The van der Waals surface area contributed by atoms with E-state index in [0.29, 0.717) is 11.4 Å². The van der Waals surface area contributed by atoms with E-state index in [1.807, 2.05) is 6.92 Å². The number of nitrogens with two attached hydrogens (primary N) is 2. The summed E-state index contributed by atoms with van der Waals surface area (Å²) in [5.74, 6) is 0. The van der Waals surface area contributed by atoms with Gasteiger partial charge in [0.15, 0.2) is 0 Å². The van der Waals surface area contributed by atoms with Crippen LogP contribution >= 0.6 is 0 Å². The Morgan fingerprint density at radius 3 is 2.44 bits per heavy atom. The van der Waals surface area contributed by atoms with Crippen molar-refractivity contribution in [1.29, 1.82) is 5.41 Å². The van der Waals surface area contributed by atoms with Crippen LogP contribution in [0.5, 0.6) is 0 Å². The largest absolute Gasteiger partial charge is 0.400 e. The number of hydrogen-bond donors (Lipinski definition) is 3. The molecule has 1 rings (SSSR count). The second-order valence-electron chi connectivity index (χ2n) is 2.18. The molecule has 0 spiro atoms. The fraction of sp³-hybridized carbons (Fsp3) is 0.500. The van der Waals surface area contributed by atoms with Crippen LogP contribution in [0.15, 0.2) is 11.3 Å². The molecule has 0 bridgehead atoms. The first-order chi connectivity index (χ1) is 4.18. The Morgan fingerprint density at radius 2 is 2.22 bits per heavy atom. The first-order valence-electron chi connectivity index (χ1n) is 3.01. The average molecular weight is 125 g/mol. The van der Waals surface area contributed by atoms with Crippen molar-refractivity contribution in [3.8, 4) is 0 Å². The van der Waals surface area contributed by atoms with Crippen LogP contribution in [0.2, 0.25) is 0 Å². The van der Waals surface area contributed by atoms with Gasteiger partial charge >= 0.3 is 0 Å². The van der Waals surface area contributed by atoms with Crippen molar-refractivity contribution in [2.75, 3.05) is 0 Å². The Kier molecular flexibility index (Phi) is 1.29. The number of nitrogens with one attached hydrogen (secondary N) is 1. The summed E-state index contributed by atoms with van der Waals surface area (Å²) in [6.07, 6.45) is 0.832. The molecule has 0 heterocycles. The summed E-state index contributed by atoms with van der Waals surface area (Å²) < 4.78 is 0. The monoisotopic (exact) mass is 125 g/mol. The molecule has 0 radical (unpaired) electrons. The molecule has 0 aliphatic heterocycles. The fourth-order valence-corrected chi connectivity index (χ4v) is 1.00. The van der Waals surface area contributed by atoms with Crippen molar-refractivity contribution in [1.82, 2.24) is 0 Å². The lowest BCUT2D eigenvalue weighted by Gasteiger charge is -2.27. The molecule has 3 nitrogen and oxygen atoms in total. The molecule has 0 aromatic rings. The van der Waals surface area contributed by atoms with Gasteiger partial charge in [-0.2, -0.15) is 0 Å². The molecule has 0 fully saturated rings. The second kappa shape index (κ2) is 1.84. The summed E-state index contributed by atoms with van der Waals surface area (Å²) in [6.45, 7) is 1.97. The van der Waals surface area contributed by atoms with Gasteiger partial charge in [0.25, 0.3) is 0 Å². The molecule has 1 atom stereocenters. The topological polar surface area (TPSA) is 75.9 Å². The summed E-state index contributed by atoms with van der Waals surface area (Å²) in [7, 11) is 0. The third kappa shape index (κ3) is 0.650. The maximum atomic E-state index is 7.26. The van der Waals surface area contributed by atoms with Gasteiger partial charge in [-0.25, -0.2) is 0 Å². The first-order valence-corrected chi connectivity index (χ1v) is 3.01. The molecule has 50 valence electrons. The van der Waals surface area contributed by atoms with E-state index in [0.717, 1.165) is 12.0 Å². The normalized spacial score (nSPS) is 26.4. The van der Waals surface area contributed by atoms with Gasteiger partial charge in [-0.15, -0.1) is 0 Å². The maximum Gasteiger partial charge on any atom is 0.0872 e. The molecule has 1 aliphatic carbocycles. The van der Waals surface area contributed by atoms with Crippen LogP contribution in [-0.2, 0) is 0 Å². The van der Waals surface area contributed by atoms with Crippen molar-refractivity contribution in [3.63, 3.8) is 0 Å². The lowest BCUT2D eigenvalue weighted by Crippen LogP contribution is -2.46. The van der Waals surface area contributed by atoms with Crippen LogP contribution in [0.25, 0.3) is 0 Å². The third-order valence-electron chi connectivity index (χ3n) is 1.67. The Bertz CT molecular complexity index is 181. The molecule has 5 N–H and O–H groups in total. The molecule has 0 aromatic carbocycles. The molecular weight excluding hydrogens is 114 g/mol. The van der Waals surface area contributed by atoms with Gasteiger partial charge in [-0.3, -0.25) is 0 Å². The molecule has 0 saturated carbocycles. The van der Waals surface area contributed by atoms with Gasteiger partial charge in [0.2, 0.25) is 0 Å².